The second-order valence-electron chi connectivity index (χ2n) is 5.61. The van der Waals surface area contributed by atoms with Gasteiger partial charge in [0.25, 0.3) is 0 Å². The third-order valence-corrected chi connectivity index (χ3v) is 3.84. The summed E-state index contributed by atoms with van der Waals surface area (Å²) >= 11 is 0. The predicted octanol–water partition coefficient (Wildman–Crippen LogP) is 4.22. The quantitative estimate of drug-likeness (QED) is 0.767. The van der Waals surface area contributed by atoms with Crippen molar-refractivity contribution in [3.63, 3.8) is 0 Å². The van der Waals surface area contributed by atoms with Gasteiger partial charge in [0.1, 0.15) is 5.75 Å². The number of fused-ring (bicyclic) bond motifs is 1. The summed E-state index contributed by atoms with van der Waals surface area (Å²) in [6.45, 7) is 2.01. The lowest BCUT2D eigenvalue weighted by molar-refractivity contribution is -0.144. The molecule has 0 radical (unpaired) electrons. The largest absolute Gasteiger partial charge is 0.478 e. The molecule has 23 heavy (non-hydrogen) atoms. The molecular formula is C20H18O3. The van der Waals surface area contributed by atoms with Crippen molar-refractivity contribution < 1.29 is 14.6 Å². The van der Waals surface area contributed by atoms with Crippen LogP contribution >= 0.6 is 0 Å². The second kappa shape index (κ2) is 6.53. The van der Waals surface area contributed by atoms with E-state index in [1.807, 2.05) is 73.7 Å². The van der Waals surface area contributed by atoms with Crippen LogP contribution in [0.3, 0.4) is 0 Å². The number of rotatable bonds is 5. The van der Waals surface area contributed by atoms with Crippen molar-refractivity contribution >= 4 is 16.7 Å². The van der Waals surface area contributed by atoms with Crippen LogP contribution < -0.4 is 4.74 Å². The van der Waals surface area contributed by atoms with E-state index < -0.39 is 12.1 Å². The first-order chi connectivity index (χ1) is 11.1. The normalized spacial score (nSPS) is 12.0. The van der Waals surface area contributed by atoms with Crippen LogP contribution in [0.1, 0.15) is 11.1 Å². The van der Waals surface area contributed by atoms with Gasteiger partial charge in [-0.25, -0.2) is 4.79 Å². The Morgan fingerprint density at radius 1 is 1.00 bits per heavy atom. The van der Waals surface area contributed by atoms with Crippen molar-refractivity contribution in [2.45, 2.75) is 19.4 Å². The zero-order valence-corrected chi connectivity index (χ0v) is 12.9. The minimum Gasteiger partial charge on any atom is -0.478 e. The topological polar surface area (TPSA) is 46.5 Å². The fourth-order valence-corrected chi connectivity index (χ4v) is 2.57. The molecule has 3 aromatic carbocycles. The number of aliphatic carboxylic acids is 1. The monoisotopic (exact) mass is 306 g/mol. The minimum atomic E-state index is -0.960. The third kappa shape index (κ3) is 3.51. The molecule has 1 atom stereocenters. The molecule has 0 unspecified atom stereocenters. The molecule has 0 amide bonds. The first kappa shape index (κ1) is 15.1. The molecule has 0 heterocycles. The van der Waals surface area contributed by atoms with Gasteiger partial charge in [-0.05, 0) is 23.9 Å². The average molecular weight is 306 g/mol. The van der Waals surface area contributed by atoms with E-state index in [4.69, 9.17) is 4.74 Å². The van der Waals surface area contributed by atoms with Gasteiger partial charge in [-0.3, -0.25) is 0 Å². The number of ether oxygens (including phenoxy) is 1. The highest BCUT2D eigenvalue weighted by Gasteiger charge is 2.21. The summed E-state index contributed by atoms with van der Waals surface area (Å²) in [7, 11) is 0. The molecule has 0 spiro atoms. The maximum Gasteiger partial charge on any atom is 0.345 e. The van der Waals surface area contributed by atoms with Crippen LogP contribution in [0.25, 0.3) is 10.8 Å². The first-order valence-corrected chi connectivity index (χ1v) is 7.56. The van der Waals surface area contributed by atoms with E-state index in [1.165, 1.54) is 0 Å². The first-order valence-electron chi connectivity index (χ1n) is 7.56. The van der Waals surface area contributed by atoms with Crippen molar-refractivity contribution in [2.75, 3.05) is 0 Å². The van der Waals surface area contributed by atoms with Crippen LogP contribution in [-0.4, -0.2) is 17.2 Å². The van der Waals surface area contributed by atoms with Gasteiger partial charge in [-0.15, -0.1) is 0 Å². The Hall–Kier alpha value is -2.81. The highest BCUT2D eigenvalue weighted by Crippen LogP contribution is 2.26. The lowest BCUT2D eigenvalue weighted by atomic mass is 10.1. The van der Waals surface area contributed by atoms with Crippen molar-refractivity contribution in [1.82, 2.24) is 0 Å². The number of carbonyl (C=O) groups is 1. The van der Waals surface area contributed by atoms with Gasteiger partial charge in [0.15, 0.2) is 6.10 Å². The SMILES string of the molecule is Cc1ccc(C[C@H](Oc2cccc3ccccc23)C(=O)O)cc1. The molecule has 1 N–H and O–H groups in total. The predicted molar refractivity (Wildman–Crippen MR) is 90.9 cm³/mol. The van der Waals surface area contributed by atoms with Crippen LogP contribution in [0.2, 0.25) is 0 Å². The zero-order chi connectivity index (χ0) is 16.2. The molecule has 0 bridgehead atoms. The van der Waals surface area contributed by atoms with Crippen molar-refractivity contribution in [3.8, 4) is 5.75 Å². The van der Waals surface area contributed by atoms with Gasteiger partial charge in [-0.2, -0.15) is 0 Å². The third-order valence-electron chi connectivity index (χ3n) is 3.84. The van der Waals surface area contributed by atoms with Crippen LogP contribution in [0, 0.1) is 6.92 Å². The number of carboxylic acids is 1. The average Bonchev–Trinajstić information content (AvgIpc) is 2.56. The Kier molecular flexibility index (Phi) is 4.29. The molecule has 3 aromatic rings. The second-order valence-corrected chi connectivity index (χ2v) is 5.61. The fraction of sp³-hybridized carbons (Fsp3) is 0.150. The molecule has 3 heteroatoms. The Labute approximate surface area is 135 Å². The van der Waals surface area contributed by atoms with Gasteiger partial charge < -0.3 is 9.84 Å². The van der Waals surface area contributed by atoms with Crippen molar-refractivity contribution in [1.29, 1.82) is 0 Å². The summed E-state index contributed by atoms with van der Waals surface area (Å²) in [5.41, 5.74) is 2.10. The number of benzene rings is 3. The molecule has 0 aliphatic rings. The Morgan fingerprint density at radius 2 is 1.70 bits per heavy atom. The zero-order valence-electron chi connectivity index (χ0n) is 12.9. The number of carboxylic acid groups (broad SMARTS) is 1. The van der Waals surface area contributed by atoms with Crippen LogP contribution in [0.15, 0.2) is 66.7 Å². The molecule has 0 aromatic heterocycles. The van der Waals surface area contributed by atoms with Gasteiger partial charge >= 0.3 is 5.97 Å². The summed E-state index contributed by atoms with van der Waals surface area (Å²) in [5, 5.41) is 11.5. The van der Waals surface area contributed by atoms with E-state index in [-0.39, 0.29) is 0 Å². The number of hydrogen-bond acceptors (Lipinski definition) is 2. The number of hydrogen-bond donors (Lipinski definition) is 1. The molecule has 116 valence electrons. The lowest BCUT2D eigenvalue weighted by Gasteiger charge is -2.17. The standard InChI is InChI=1S/C20H18O3/c1-14-9-11-15(12-10-14)13-19(20(21)22)23-18-8-4-6-16-5-2-3-7-17(16)18/h2-12,19H,13H2,1H3,(H,21,22)/t19-/m0/s1. The smallest absolute Gasteiger partial charge is 0.345 e. The Bertz CT molecular complexity index is 816. The van der Waals surface area contributed by atoms with Gasteiger partial charge in [0.05, 0.1) is 0 Å². The summed E-state index contributed by atoms with van der Waals surface area (Å²) in [5.74, 6) is -0.360. The maximum atomic E-state index is 11.6. The summed E-state index contributed by atoms with van der Waals surface area (Å²) in [4.78, 5) is 11.6. The number of aryl methyl sites for hydroxylation is 1. The van der Waals surface area contributed by atoms with Gasteiger partial charge in [-0.1, -0.05) is 66.2 Å². The molecule has 3 nitrogen and oxygen atoms in total. The molecule has 0 saturated carbocycles. The molecule has 0 saturated heterocycles. The van der Waals surface area contributed by atoms with Crippen LogP contribution in [0.4, 0.5) is 0 Å². The van der Waals surface area contributed by atoms with E-state index in [9.17, 15) is 9.90 Å². The highest BCUT2D eigenvalue weighted by molar-refractivity contribution is 5.88. The Balaban J connectivity index is 1.87. The van der Waals surface area contributed by atoms with E-state index in [0.717, 1.165) is 21.9 Å². The van der Waals surface area contributed by atoms with E-state index in [0.29, 0.717) is 12.2 Å². The fourth-order valence-electron chi connectivity index (χ4n) is 2.57. The molecule has 0 aliphatic carbocycles. The van der Waals surface area contributed by atoms with E-state index >= 15 is 0 Å². The molecule has 3 rings (SSSR count). The minimum absolute atomic E-state index is 0.332. The van der Waals surface area contributed by atoms with Crippen LogP contribution in [0.5, 0.6) is 5.75 Å². The maximum absolute atomic E-state index is 11.6. The van der Waals surface area contributed by atoms with Gasteiger partial charge in [0, 0.05) is 11.8 Å². The Morgan fingerprint density at radius 3 is 2.43 bits per heavy atom. The highest BCUT2D eigenvalue weighted by atomic mass is 16.5. The molecule has 0 aliphatic heterocycles. The van der Waals surface area contributed by atoms with Crippen LogP contribution in [-0.2, 0) is 11.2 Å². The van der Waals surface area contributed by atoms with Crippen molar-refractivity contribution in [2.24, 2.45) is 0 Å². The molecule has 0 fully saturated rings. The van der Waals surface area contributed by atoms with Crippen molar-refractivity contribution in [3.05, 3.63) is 77.9 Å². The molecular weight excluding hydrogens is 288 g/mol. The van der Waals surface area contributed by atoms with E-state index in [1.54, 1.807) is 0 Å². The summed E-state index contributed by atoms with van der Waals surface area (Å²) < 4.78 is 5.82. The summed E-state index contributed by atoms with van der Waals surface area (Å²) in [6, 6.07) is 21.3. The summed E-state index contributed by atoms with van der Waals surface area (Å²) in [6.07, 6.45) is -0.581. The van der Waals surface area contributed by atoms with Gasteiger partial charge in [0.2, 0.25) is 0 Å². The van der Waals surface area contributed by atoms with E-state index in [2.05, 4.69) is 0 Å². The lowest BCUT2D eigenvalue weighted by Crippen LogP contribution is -2.29.